The maximum atomic E-state index is 12.1. The summed E-state index contributed by atoms with van der Waals surface area (Å²) in [4.78, 5) is 14.0. The van der Waals surface area contributed by atoms with Gasteiger partial charge in [-0.15, -0.1) is 0 Å². The molecule has 1 unspecified atom stereocenters. The predicted octanol–water partition coefficient (Wildman–Crippen LogP) is 6.06. The Morgan fingerprint density at radius 3 is 1.83 bits per heavy atom. The van der Waals surface area contributed by atoms with Gasteiger partial charge < -0.3 is 4.90 Å². The molecule has 4 heteroatoms. The van der Waals surface area contributed by atoms with Crippen LogP contribution < -0.4 is 4.90 Å². The van der Waals surface area contributed by atoms with Gasteiger partial charge in [0.25, 0.3) is 0 Å². The fraction of sp³-hybridized carbons (Fsp3) is 0.154. The SMILES string of the molecule is CC(C)(C1C=C(c2ccccc2)C=C(c2ccccc2)N1c1ccccc1)[N+](=O)[O-]. The molecule has 1 aliphatic rings. The van der Waals surface area contributed by atoms with Crippen LogP contribution in [0.2, 0.25) is 0 Å². The highest BCUT2D eigenvalue weighted by Crippen LogP contribution is 2.40. The summed E-state index contributed by atoms with van der Waals surface area (Å²) in [5.74, 6) is 0. The number of para-hydroxylation sites is 1. The van der Waals surface area contributed by atoms with Gasteiger partial charge in [0.05, 0.1) is 0 Å². The molecule has 0 saturated carbocycles. The van der Waals surface area contributed by atoms with Crippen molar-refractivity contribution in [2.24, 2.45) is 0 Å². The van der Waals surface area contributed by atoms with Crippen molar-refractivity contribution < 1.29 is 4.92 Å². The summed E-state index contributed by atoms with van der Waals surface area (Å²) in [7, 11) is 0. The number of allylic oxidation sites excluding steroid dienone is 2. The van der Waals surface area contributed by atoms with Crippen molar-refractivity contribution in [1.82, 2.24) is 0 Å². The topological polar surface area (TPSA) is 46.4 Å². The summed E-state index contributed by atoms with van der Waals surface area (Å²) in [6.07, 6.45) is 4.15. The van der Waals surface area contributed by atoms with Crippen LogP contribution in [-0.2, 0) is 0 Å². The van der Waals surface area contributed by atoms with E-state index in [4.69, 9.17) is 0 Å². The first kappa shape index (κ1) is 19.6. The highest BCUT2D eigenvalue weighted by Gasteiger charge is 2.46. The first-order valence-corrected chi connectivity index (χ1v) is 10.0. The zero-order valence-corrected chi connectivity index (χ0v) is 17.1. The Morgan fingerprint density at radius 2 is 1.30 bits per heavy atom. The van der Waals surface area contributed by atoms with Gasteiger partial charge in [-0.25, -0.2) is 0 Å². The van der Waals surface area contributed by atoms with Crippen molar-refractivity contribution in [2.75, 3.05) is 4.90 Å². The molecule has 4 rings (SSSR count). The fourth-order valence-electron chi connectivity index (χ4n) is 3.82. The van der Waals surface area contributed by atoms with E-state index in [0.29, 0.717) is 0 Å². The Bertz CT molecular complexity index is 1090. The van der Waals surface area contributed by atoms with Crippen LogP contribution in [-0.4, -0.2) is 16.5 Å². The van der Waals surface area contributed by atoms with Crippen LogP contribution in [0.25, 0.3) is 11.3 Å². The van der Waals surface area contributed by atoms with E-state index < -0.39 is 11.6 Å². The van der Waals surface area contributed by atoms with Crippen molar-refractivity contribution in [3.05, 3.63) is 124 Å². The number of hydrogen-bond acceptors (Lipinski definition) is 3. The number of anilines is 1. The minimum atomic E-state index is -1.20. The van der Waals surface area contributed by atoms with Crippen LogP contribution >= 0.6 is 0 Å². The molecule has 0 N–H and O–H groups in total. The third kappa shape index (κ3) is 3.64. The lowest BCUT2D eigenvalue weighted by Crippen LogP contribution is -2.53. The molecule has 3 aromatic carbocycles. The van der Waals surface area contributed by atoms with Gasteiger partial charge in [-0.3, -0.25) is 10.1 Å². The van der Waals surface area contributed by atoms with Gasteiger partial charge in [-0.1, -0.05) is 78.9 Å². The zero-order valence-electron chi connectivity index (χ0n) is 17.1. The van der Waals surface area contributed by atoms with E-state index in [2.05, 4.69) is 11.0 Å². The largest absolute Gasteiger partial charge is 0.327 e. The highest BCUT2D eigenvalue weighted by atomic mass is 16.6. The Labute approximate surface area is 176 Å². The van der Waals surface area contributed by atoms with Crippen LogP contribution in [0.15, 0.2) is 103 Å². The molecular formula is C26H24N2O2. The first-order valence-electron chi connectivity index (χ1n) is 10.0. The van der Waals surface area contributed by atoms with Crippen LogP contribution in [0.3, 0.4) is 0 Å². The van der Waals surface area contributed by atoms with E-state index in [0.717, 1.165) is 28.1 Å². The maximum Gasteiger partial charge on any atom is 0.240 e. The van der Waals surface area contributed by atoms with Crippen molar-refractivity contribution in [3.8, 4) is 0 Å². The first-order chi connectivity index (χ1) is 14.5. The molecule has 0 aromatic heterocycles. The number of benzene rings is 3. The van der Waals surface area contributed by atoms with Crippen LogP contribution in [0.1, 0.15) is 25.0 Å². The lowest BCUT2D eigenvalue weighted by atomic mass is 9.85. The molecule has 0 spiro atoms. The molecule has 0 aliphatic carbocycles. The average molecular weight is 396 g/mol. The van der Waals surface area contributed by atoms with Gasteiger partial charge in [0.15, 0.2) is 0 Å². The van der Waals surface area contributed by atoms with E-state index in [1.807, 2.05) is 97.1 Å². The molecule has 0 saturated heterocycles. The van der Waals surface area contributed by atoms with Crippen LogP contribution in [0.5, 0.6) is 0 Å². The lowest BCUT2D eigenvalue weighted by molar-refractivity contribution is -0.561. The summed E-state index contributed by atoms with van der Waals surface area (Å²) in [6, 6.07) is 29.5. The van der Waals surface area contributed by atoms with E-state index >= 15 is 0 Å². The summed E-state index contributed by atoms with van der Waals surface area (Å²) < 4.78 is 0. The normalized spacial score (nSPS) is 16.6. The predicted molar refractivity (Wildman–Crippen MR) is 123 cm³/mol. The van der Waals surface area contributed by atoms with Crippen molar-refractivity contribution in [3.63, 3.8) is 0 Å². The van der Waals surface area contributed by atoms with E-state index in [-0.39, 0.29) is 4.92 Å². The summed E-state index contributed by atoms with van der Waals surface area (Å²) >= 11 is 0. The molecule has 3 aromatic rings. The molecule has 30 heavy (non-hydrogen) atoms. The number of nitrogens with zero attached hydrogens (tertiary/aromatic N) is 2. The fourth-order valence-corrected chi connectivity index (χ4v) is 3.82. The number of hydrogen-bond donors (Lipinski definition) is 0. The molecule has 150 valence electrons. The Balaban J connectivity index is 1.97. The molecule has 1 aliphatic heterocycles. The van der Waals surface area contributed by atoms with Gasteiger partial charge >= 0.3 is 0 Å². The van der Waals surface area contributed by atoms with Crippen molar-refractivity contribution in [2.45, 2.75) is 25.4 Å². The lowest BCUT2D eigenvalue weighted by Gasteiger charge is -2.41. The minimum Gasteiger partial charge on any atom is -0.327 e. The van der Waals surface area contributed by atoms with Gasteiger partial charge in [-0.05, 0) is 41.0 Å². The Kier molecular flexibility index (Phi) is 5.23. The number of nitro groups is 1. The summed E-state index contributed by atoms with van der Waals surface area (Å²) in [5.41, 5.74) is 3.72. The second-order valence-electron chi connectivity index (χ2n) is 7.94. The molecule has 4 nitrogen and oxygen atoms in total. The standard InChI is InChI=1S/C26H24N2O2/c1-26(2,28(29)30)25-19-22(20-12-6-3-7-13-20)18-24(21-14-8-4-9-15-21)27(25)23-16-10-5-11-17-23/h3-19,25H,1-2H3. The third-order valence-corrected chi connectivity index (χ3v) is 5.57. The third-order valence-electron chi connectivity index (χ3n) is 5.57. The molecule has 0 amide bonds. The van der Waals surface area contributed by atoms with E-state index in [1.165, 1.54) is 0 Å². The average Bonchev–Trinajstić information content (AvgIpc) is 2.80. The van der Waals surface area contributed by atoms with E-state index in [9.17, 15) is 10.1 Å². The van der Waals surface area contributed by atoms with Crippen LogP contribution in [0, 0.1) is 10.1 Å². The molecule has 1 heterocycles. The summed E-state index contributed by atoms with van der Waals surface area (Å²) in [5, 5.41) is 12.1. The van der Waals surface area contributed by atoms with Gasteiger partial charge in [0.2, 0.25) is 5.54 Å². The number of rotatable bonds is 5. The Morgan fingerprint density at radius 1 is 0.800 bits per heavy atom. The van der Waals surface area contributed by atoms with E-state index in [1.54, 1.807) is 13.8 Å². The molecule has 0 bridgehead atoms. The van der Waals surface area contributed by atoms with Gasteiger partial charge in [-0.2, -0.15) is 0 Å². The van der Waals surface area contributed by atoms with Gasteiger partial charge in [0, 0.05) is 30.2 Å². The zero-order chi connectivity index (χ0) is 21.1. The quantitative estimate of drug-likeness (QED) is 0.389. The van der Waals surface area contributed by atoms with Crippen molar-refractivity contribution >= 4 is 17.0 Å². The van der Waals surface area contributed by atoms with Crippen molar-refractivity contribution in [1.29, 1.82) is 0 Å². The van der Waals surface area contributed by atoms with Gasteiger partial charge in [0.1, 0.15) is 6.04 Å². The molecule has 0 fully saturated rings. The monoisotopic (exact) mass is 396 g/mol. The maximum absolute atomic E-state index is 12.1. The Hall–Kier alpha value is -3.66. The molecule has 1 atom stereocenters. The smallest absolute Gasteiger partial charge is 0.240 e. The minimum absolute atomic E-state index is 0.180. The summed E-state index contributed by atoms with van der Waals surface area (Å²) in [6.45, 7) is 3.39. The van der Waals surface area contributed by atoms with Crippen LogP contribution in [0.4, 0.5) is 5.69 Å². The molecular weight excluding hydrogens is 372 g/mol. The second-order valence-corrected chi connectivity index (χ2v) is 7.94. The highest BCUT2D eigenvalue weighted by molar-refractivity contribution is 5.93. The second kappa shape index (κ2) is 7.99. The molecule has 0 radical (unpaired) electrons.